The van der Waals surface area contributed by atoms with Crippen LogP contribution in [0.1, 0.15) is 5.69 Å². The van der Waals surface area contributed by atoms with Crippen molar-refractivity contribution in [1.82, 2.24) is 24.8 Å². The van der Waals surface area contributed by atoms with Crippen molar-refractivity contribution in [3.05, 3.63) is 33.7 Å². The molecular weight excluding hydrogens is 302 g/mol. The number of H-pyrrole nitrogens is 1. The molecule has 10 heteroatoms. The lowest BCUT2D eigenvalue weighted by Gasteiger charge is -1.96. The maximum atomic E-state index is 11.4. The normalized spacial score (nSPS) is 11.0. The average Bonchev–Trinajstić information content (AvgIpc) is 2.97. The topological polar surface area (TPSA) is 113 Å². The molecule has 0 amide bonds. The lowest BCUT2D eigenvalue weighted by atomic mass is 10.3. The number of carboxylic acid groups (broad SMARTS) is 1. The molecule has 0 unspecified atom stereocenters. The fourth-order valence-electron chi connectivity index (χ4n) is 1.50. The van der Waals surface area contributed by atoms with Crippen molar-refractivity contribution in [3.63, 3.8) is 0 Å². The highest BCUT2D eigenvalue weighted by molar-refractivity contribution is 8.00. The number of rotatable bonds is 4. The van der Waals surface area contributed by atoms with E-state index >= 15 is 0 Å². The molecule has 0 aliphatic carbocycles. The Kier molecular flexibility index (Phi) is 3.24. The van der Waals surface area contributed by atoms with Gasteiger partial charge in [-0.2, -0.15) is 14.7 Å². The van der Waals surface area contributed by atoms with Crippen LogP contribution in [0.25, 0.3) is 5.65 Å². The Labute approximate surface area is 119 Å². The molecule has 0 spiro atoms. The molecule has 0 fully saturated rings. The molecule has 0 radical (unpaired) electrons. The summed E-state index contributed by atoms with van der Waals surface area (Å²) < 4.78 is 1.83. The van der Waals surface area contributed by atoms with Crippen LogP contribution in [-0.2, 0) is 11.2 Å². The summed E-state index contributed by atoms with van der Waals surface area (Å²) in [6, 6.07) is 3.39. The van der Waals surface area contributed by atoms with Gasteiger partial charge in [-0.1, -0.05) is 0 Å². The summed E-state index contributed by atoms with van der Waals surface area (Å²) in [5.41, 5.74) is 0.532. The quantitative estimate of drug-likeness (QED) is 0.727. The van der Waals surface area contributed by atoms with Crippen molar-refractivity contribution in [3.8, 4) is 0 Å². The molecule has 0 bridgehead atoms. The minimum absolute atomic E-state index is 0.106. The van der Waals surface area contributed by atoms with E-state index in [1.165, 1.54) is 23.1 Å². The molecule has 0 aromatic carbocycles. The molecule has 2 N–H and O–H groups in total. The highest BCUT2D eigenvalue weighted by Crippen LogP contribution is 2.28. The largest absolute Gasteiger partial charge is 0.481 e. The second kappa shape index (κ2) is 5.06. The standard InChI is InChI=1S/C10H7N5O3S2/c16-8(17)3-5-4-19-10(11-5)20-7-2-1-6-12-13-9(18)15(6)14-7/h1-2,4H,3H2,(H,13,18)(H,16,17). The maximum absolute atomic E-state index is 11.4. The van der Waals surface area contributed by atoms with Crippen LogP contribution in [0.5, 0.6) is 0 Å². The molecule has 102 valence electrons. The van der Waals surface area contributed by atoms with Crippen molar-refractivity contribution in [2.45, 2.75) is 15.8 Å². The summed E-state index contributed by atoms with van der Waals surface area (Å²) in [5.74, 6) is -0.920. The molecule has 8 nitrogen and oxygen atoms in total. The SMILES string of the molecule is O=C(O)Cc1csc(Sc2ccc3n[nH]c(=O)n3n2)n1. The monoisotopic (exact) mass is 309 g/mol. The minimum Gasteiger partial charge on any atom is -0.481 e. The zero-order chi connectivity index (χ0) is 14.1. The van der Waals surface area contributed by atoms with Crippen LogP contribution in [0, 0.1) is 0 Å². The molecule has 3 heterocycles. The Balaban J connectivity index is 1.85. The van der Waals surface area contributed by atoms with Gasteiger partial charge in [0, 0.05) is 5.38 Å². The van der Waals surface area contributed by atoms with Gasteiger partial charge in [0.1, 0.15) is 5.03 Å². The van der Waals surface area contributed by atoms with Crippen LogP contribution in [0.15, 0.2) is 31.7 Å². The number of thiazole rings is 1. The van der Waals surface area contributed by atoms with Crippen molar-refractivity contribution in [1.29, 1.82) is 0 Å². The van der Waals surface area contributed by atoms with Gasteiger partial charge in [0.15, 0.2) is 9.99 Å². The predicted molar refractivity (Wildman–Crippen MR) is 71.2 cm³/mol. The molecular formula is C10H7N5O3S2. The molecule has 3 rings (SSSR count). The fraction of sp³-hybridized carbons (Fsp3) is 0.100. The Morgan fingerprint density at radius 3 is 3.15 bits per heavy atom. The van der Waals surface area contributed by atoms with Gasteiger partial charge in [-0.15, -0.1) is 11.3 Å². The van der Waals surface area contributed by atoms with E-state index in [1.807, 2.05) is 0 Å². The van der Waals surface area contributed by atoms with Crippen LogP contribution in [0.3, 0.4) is 0 Å². The summed E-state index contributed by atoms with van der Waals surface area (Å²) >= 11 is 2.60. The van der Waals surface area contributed by atoms with Crippen molar-refractivity contribution in [2.75, 3.05) is 0 Å². The first kappa shape index (κ1) is 12.8. The molecule has 3 aromatic rings. The van der Waals surface area contributed by atoms with E-state index in [-0.39, 0.29) is 6.42 Å². The number of hydrogen-bond acceptors (Lipinski definition) is 7. The number of carboxylic acids is 1. The summed E-state index contributed by atoms with van der Waals surface area (Å²) in [6.45, 7) is 0. The van der Waals surface area contributed by atoms with Crippen molar-refractivity contribution >= 4 is 34.7 Å². The lowest BCUT2D eigenvalue weighted by Crippen LogP contribution is -2.12. The Morgan fingerprint density at radius 2 is 2.35 bits per heavy atom. The van der Waals surface area contributed by atoms with Crippen LogP contribution in [0.2, 0.25) is 0 Å². The fourth-order valence-corrected chi connectivity index (χ4v) is 3.24. The van der Waals surface area contributed by atoms with Gasteiger partial charge in [-0.25, -0.2) is 14.9 Å². The van der Waals surface area contributed by atoms with Gasteiger partial charge >= 0.3 is 11.7 Å². The second-order valence-electron chi connectivity index (χ2n) is 3.75. The molecule has 20 heavy (non-hydrogen) atoms. The summed E-state index contributed by atoms with van der Waals surface area (Å²) in [4.78, 5) is 26.2. The molecule has 0 saturated heterocycles. The van der Waals surface area contributed by atoms with Crippen LogP contribution in [0.4, 0.5) is 0 Å². The number of aliphatic carboxylic acids is 1. The number of aromatic nitrogens is 5. The van der Waals surface area contributed by atoms with Crippen LogP contribution < -0.4 is 5.69 Å². The van der Waals surface area contributed by atoms with E-state index in [0.717, 1.165) is 4.52 Å². The van der Waals surface area contributed by atoms with E-state index in [4.69, 9.17) is 5.11 Å². The van der Waals surface area contributed by atoms with E-state index in [9.17, 15) is 9.59 Å². The first-order chi connectivity index (χ1) is 9.61. The van der Waals surface area contributed by atoms with Crippen LogP contribution >= 0.6 is 23.1 Å². The van der Waals surface area contributed by atoms with Crippen molar-refractivity contribution < 1.29 is 9.90 Å². The van der Waals surface area contributed by atoms with Gasteiger partial charge in [0.05, 0.1) is 12.1 Å². The van der Waals surface area contributed by atoms with Gasteiger partial charge in [-0.05, 0) is 23.9 Å². The Hall–Kier alpha value is -2.20. The average molecular weight is 309 g/mol. The number of fused-ring (bicyclic) bond motifs is 1. The minimum atomic E-state index is -0.920. The number of aromatic amines is 1. The third kappa shape index (κ3) is 2.56. The number of nitrogens with zero attached hydrogens (tertiary/aromatic N) is 4. The summed E-state index contributed by atoms with van der Waals surface area (Å²) in [6.07, 6.45) is -0.106. The van der Waals surface area contributed by atoms with Gasteiger partial charge in [0.2, 0.25) is 0 Å². The molecule has 0 aliphatic rings. The molecule has 0 aliphatic heterocycles. The van der Waals surface area contributed by atoms with Gasteiger partial charge in [0.25, 0.3) is 0 Å². The number of nitrogens with one attached hydrogen (secondary N) is 1. The Morgan fingerprint density at radius 1 is 1.50 bits per heavy atom. The highest BCUT2D eigenvalue weighted by Gasteiger charge is 2.09. The predicted octanol–water partition coefficient (Wildman–Crippen LogP) is 0.652. The Bertz CT molecular complexity index is 837. The van der Waals surface area contributed by atoms with Crippen LogP contribution in [-0.4, -0.2) is 35.9 Å². The zero-order valence-corrected chi connectivity index (χ0v) is 11.4. The first-order valence-corrected chi connectivity index (χ1v) is 7.10. The summed E-state index contributed by atoms with van der Waals surface area (Å²) in [7, 11) is 0. The third-order valence-electron chi connectivity index (χ3n) is 2.30. The number of carbonyl (C=O) groups is 1. The third-order valence-corrected chi connectivity index (χ3v) is 4.22. The molecule has 0 saturated carbocycles. The zero-order valence-electron chi connectivity index (χ0n) is 9.81. The molecule has 3 aromatic heterocycles. The van der Waals surface area contributed by atoms with E-state index in [2.05, 4.69) is 20.3 Å². The maximum Gasteiger partial charge on any atom is 0.364 e. The van der Waals surface area contributed by atoms with Crippen molar-refractivity contribution in [2.24, 2.45) is 0 Å². The summed E-state index contributed by atoms with van der Waals surface area (Å²) in [5, 5.41) is 21.2. The van der Waals surface area contributed by atoms with Gasteiger partial charge in [-0.3, -0.25) is 4.79 Å². The highest BCUT2D eigenvalue weighted by atomic mass is 32.2. The number of hydrogen-bond donors (Lipinski definition) is 2. The smallest absolute Gasteiger partial charge is 0.364 e. The second-order valence-corrected chi connectivity index (χ2v) is 5.87. The molecule has 0 atom stereocenters. The first-order valence-electron chi connectivity index (χ1n) is 5.40. The lowest BCUT2D eigenvalue weighted by molar-refractivity contribution is -0.136. The van der Waals surface area contributed by atoms with E-state index in [0.29, 0.717) is 20.7 Å². The van der Waals surface area contributed by atoms with E-state index in [1.54, 1.807) is 17.5 Å². The van der Waals surface area contributed by atoms with E-state index < -0.39 is 11.7 Å². The van der Waals surface area contributed by atoms with Gasteiger partial charge < -0.3 is 5.11 Å².